The zero-order valence-corrected chi connectivity index (χ0v) is 14.1. The van der Waals surface area contributed by atoms with Crippen molar-refractivity contribution in [1.29, 1.82) is 0 Å². The normalized spacial score (nSPS) is 17.0. The van der Waals surface area contributed by atoms with Crippen LogP contribution in [0.5, 0.6) is 5.75 Å². The second-order valence-corrected chi connectivity index (χ2v) is 5.89. The molecular weight excluding hydrogens is 320 g/mol. The SMILES string of the molecule is COC(=O)c1ccc(C(=O)N2CCC[C@H](Oc3ccncc3)C2)cc1. The number of carbonyl (C=O) groups excluding carboxylic acids is 2. The van der Waals surface area contributed by atoms with Gasteiger partial charge in [0.25, 0.3) is 5.91 Å². The molecule has 6 heteroatoms. The van der Waals surface area contributed by atoms with Crippen LogP contribution in [0.15, 0.2) is 48.8 Å². The highest BCUT2D eigenvalue weighted by atomic mass is 16.5. The molecule has 1 aliphatic rings. The summed E-state index contributed by atoms with van der Waals surface area (Å²) in [6.45, 7) is 1.24. The van der Waals surface area contributed by atoms with E-state index in [2.05, 4.69) is 9.72 Å². The Morgan fingerprint density at radius 1 is 1.08 bits per heavy atom. The number of aromatic nitrogens is 1. The van der Waals surface area contributed by atoms with Crippen molar-refractivity contribution in [3.05, 3.63) is 59.9 Å². The van der Waals surface area contributed by atoms with Crippen molar-refractivity contribution >= 4 is 11.9 Å². The first-order chi connectivity index (χ1) is 12.2. The van der Waals surface area contributed by atoms with Gasteiger partial charge in [-0.1, -0.05) is 0 Å². The molecule has 1 aromatic heterocycles. The molecule has 2 aromatic rings. The Kier molecular flexibility index (Phi) is 5.28. The fourth-order valence-electron chi connectivity index (χ4n) is 2.88. The maximum atomic E-state index is 12.7. The van der Waals surface area contributed by atoms with Crippen LogP contribution in [0, 0.1) is 0 Å². The van der Waals surface area contributed by atoms with Crippen LogP contribution in [-0.4, -0.2) is 48.1 Å². The van der Waals surface area contributed by atoms with Crippen LogP contribution in [0.25, 0.3) is 0 Å². The van der Waals surface area contributed by atoms with E-state index in [1.807, 2.05) is 12.1 Å². The highest BCUT2D eigenvalue weighted by Gasteiger charge is 2.25. The molecule has 0 bridgehead atoms. The van der Waals surface area contributed by atoms with Gasteiger partial charge in [0.2, 0.25) is 0 Å². The van der Waals surface area contributed by atoms with E-state index in [0.29, 0.717) is 24.2 Å². The Labute approximate surface area is 146 Å². The average molecular weight is 340 g/mol. The zero-order valence-electron chi connectivity index (χ0n) is 14.1. The third kappa shape index (κ3) is 4.15. The zero-order chi connectivity index (χ0) is 17.6. The average Bonchev–Trinajstić information content (AvgIpc) is 2.68. The van der Waals surface area contributed by atoms with Crippen molar-refractivity contribution < 1.29 is 19.1 Å². The van der Waals surface area contributed by atoms with Gasteiger partial charge >= 0.3 is 5.97 Å². The molecule has 0 aliphatic carbocycles. The van der Waals surface area contributed by atoms with E-state index < -0.39 is 5.97 Å². The van der Waals surface area contributed by atoms with Crippen LogP contribution >= 0.6 is 0 Å². The van der Waals surface area contributed by atoms with Crippen LogP contribution in [-0.2, 0) is 4.74 Å². The first kappa shape index (κ1) is 17.0. The van der Waals surface area contributed by atoms with Gasteiger partial charge in [0.05, 0.1) is 19.2 Å². The molecule has 0 spiro atoms. The summed E-state index contributed by atoms with van der Waals surface area (Å²) in [6, 6.07) is 10.1. The molecule has 1 saturated heterocycles. The molecule has 130 valence electrons. The molecule has 2 heterocycles. The number of esters is 1. The lowest BCUT2D eigenvalue weighted by Gasteiger charge is -2.33. The number of hydrogen-bond donors (Lipinski definition) is 0. The lowest BCUT2D eigenvalue weighted by atomic mass is 10.1. The maximum absolute atomic E-state index is 12.7. The number of carbonyl (C=O) groups is 2. The fourth-order valence-corrected chi connectivity index (χ4v) is 2.88. The predicted molar refractivity (Wildman–Crippen MR) is 91.6 cm³/mol. The van der Waals surface area contributed by atoms with Crippen LogP contribution < -0.4 is 4.74 Å². The summed E-state index contributed by atoms with van der Waals surface area (Å²) in [5.41, 5.74) is 0.980. The molecule has 6 nitrogen and oxygen atoms in total. The van der Waals surface area contributed by atoms with Crippen molar-refractivity contribution in [2.75, 3.05) is 20.2 Å². The third-order valence-electron chi connectivity index (χ3n) is 4.17. The summed E-state index contributed by atoms with van der Waals surface area (Å²) < 4.78 is 10.6. The lowest BCUT2D eigenvalue weighted by Crippen LogP contribution is -2.44. The first-order valence-corrected chi connectivity index (χ1v) is 8.21. The summed E-state index contributed by atoms with van der Waals surface area (Å²) in [4.78, 5) is 29.9. The molecule has 25 heavy (non-hydrogen) atoms. The van der Waals surface area contributed by atoms with Crippen molar-refractivity contribution in [2.45, 2.75) is 18.9 Å². The molecule has 0 N–H and O–H groups in total. The molecule has 1 fully saturated rings. The Morgan fingerprint density at radius 3 is 2.44 bits per heavy atom. The van der Waals surface area contributed by atoms with Crippen molar-refractivity contribution in [3.8, 4) is 5.75 Å². The molecule has 1 amide bonds. The Balaban J connectivity index is 1.64. The van der Waals surface area contributed by atoms with Gasteiger partial charge in [-0.3, -0.25) is 9.78 Å². The molecule has 1 atom stereocenters. The van der Waals surface area contributed by atoms with Crippen molar-refractivity contribution in [1.82, 2.24) is 9.88 Å². The molecule has 0 unspecified atom stereocenters. The highest BCUT2D eigenvalue weighted by Crippen LogP contribution is 2.19. The summed E-state index contributed by atoms with van der Waals surface area (Å²) in [5.74, 6) is 0.291. The quantitative estimate of drug-likeness (QED) is 0.800. The summed E-state index contributed by atoms with van der Waals surface area (Å²) in [5, 5.41) is 0. The summed E-state index contributed by atoms with van der Waals surface area (Å²) in [6.07, 6.45) is 5.14. The van der Waals surface area contributed by atoms with E-state index in [4.69, 9.17) is 4.74 Å². The topological polar surface area (TPSA) is 68.7 Å². The van der Waals surface area contributed by atoms with Gasteiger partial charge in [-0.2, -0.15) is 0 Å². The summed E-state index contributed by atoms with van der Waals surface area (Å²) >= 11 is 0. The van der Waals surface area contributed by atoms with E-state index in [1.165, 1.54) is 7.11 Å². The number of pyridine rings is 1. The number of methoxy groups -OCH3 is 1. The molecule has 3 rings (SSSR count). The van der Waals surface area contributed by atoms with E-state index in [-0.39, 0.29) is 12.0 Å². The third-order valence-corrected chi connectivity index (χ3v) is 4.17. The van der Waals surface area contributed by atoms with Gasteiger partial charge < -0.3 is 14.4 Å². The minimum Gasteiger partial charge on any atom is -0.488 e. The molecule has 0 saturated carbocycles. The number of likely N-dealkylation sites (tertiary alicyclic amines) is 1. The van der Waals surface area contributed by atoms with Crippen molar-refractivity contribution in [2.24, 2.45) is 0 Å². The molecule has 1 aliphatic heterocycles. The smallest absolute Gasteiger partial charge is 0.337 e. The summed E-state index contributed by atoms with van der Waals surface area (Å²) in [7, 11) is 1.33. The Morgan fingerprint density at radius 2 is 1.76 bits per heavy atom. The van der Waals surface area contributed by atoms with E-state index in [0.717, 1.165) is 18.6 Å². The van der Waals surface area contributed by atoms with Crippen LogP contribution in [0.3, 0.4) is 0 Å². The van der Waals surface area contributed by atoms with Crippen LogP contribution in [0.2, 0.25) is 0 Å². The Bertz CT molecular complexity index is 731. The Hall–Kier alpha value is -2.89. The molecule has 0 radical (unpaired) electrons. The minimum absolute atomic E-state index is 0.0329. The van der Waals surface area contributed by atoms with Gasteiger partial charge in [0, 0.05) is 24.5 Å². The van der Waals surface area contributed by atoms with Crippen LogP contribution in [0.1, 0.15) is 33.6 Å². The number of piperidine rings is 1. The molecule has 1 aromatic carbocycles. The minimum atomic E-state index is -0.414. The van der Waals surface area contributed by atoms with Gasteiger partial charge in [0.1, 0.15) is 11.9 Å². The van der Waals surface area contributed by atoms with E-state index in [1.54, 1.807) is 41.6 Å². The van der Waals surface area contributed by atoms with Gasteiger partial charge in [0.15, 0.2) is 0 Å². The van der Waals surface area contributed by atoms with E-state index >= 15 is 0 Å². The van der Waals surface area contributed by atoms with Crippen LogP contribution in [0.4, 0.5) is 0 Å². The number of ether oxygens (including phenoxy) is 2. The standard InChI is InChI=1S/C19H20N2O4/c1-24-19(23)15-6-4-14(5-7-15)18(22)21-12-2-3-17(13-21)25-16-8-10-20-11-9-16/h4-11,17H,2-3,12-13H2,1H3/t17-/m0/s1. The van der Waals surface area contributed by atoms with Gasteiger partial charge in [-0.05, 0) is 49.2 Å². The van der Waals surface area contributed by atoms with Crippen molar-refractivity contribution in [3.63, 3.8) is 0 Å². The molecular formula is C19H20N2O4. The number of benzene rings is 1. The van der Waals surface area contributed by atoms with E-state index in [9.17, 15) is 9.59 Å². The number of hydrogen-bond acceptors (Lipinski definition) is 5. The second kappa shape index (κ2) is 7.79. The monoisotopic (exact) mass is 340 g/mol. The number of amides is 1. The van der Waals surface area contributed by atoms with Gasteiger partial charge in [-0.25, -0.2) is 4.79 Å². The largest absolute Gasteiger partial charge is 0.488 e. The van der Waals surface area contributed by atoms with Gasteiger partial charge in [-0.15, -0.1) is 0 Å². The number of rotatable bonds is 4. The predicted octanol–water partition coefficient (Wildman–Crippen LogP) is 2.55. The second-order valence-electron chi connectivity index (χ2n) is 5.89. The lowest BCUT2D eigenvalue weighted by molar-refractivity contribution is 0.0536. The highest BCUT2D eigenvalue weighted by molar-refractivity contribution is 5.96. The number of nitrogens with zero attached hydrogens (tertiary/aromatic N) is 2. The first-order valence-electron chi connectivity index (χ1n) is 8.21. The fraction of sp³-hybridized carbons (Fsp3) is 0.316. The maximum Gasteiger partial charge on any atom is 0.337 e.